The minimum atomic E-state index is 0.490. The van der Waals surface area contributed by atoms with Crippen molar-refractivity contribution in [2.24, 2.45) is 5.92 Å². The highest BCUT2D eigenvalue weighted by molar-refractivity contribution is 9.10. The van der Waals surface area contributed by atoms with Crippen molar-refractivity contribution in [1.82, 2.24) is 4.90 Å². The number of ether oxygens (including phenoxy) is 1. The molecule has 1 aromatic rings. The summed E-state index contributed by atoms with van der Waals surface area (Å²) >= 11 is 3.58. The van der Waals surface area contributed by atoms with E-state index in [2.05, 4.69) is 33.0 Å². The van der Waals surface area contributed by atoms with Gasteiger partial charge < -0.3 is 4.74 Å². The van der Waals surface area contributed by atoms with E-state index in [0.29, 0.717) is 17.6 Å². The summed E-state index contributed by atoms with van der Waals surface area (Å²) in [5.41, 5.74) is 1.97. The quantitative estimate of drug-likeness (QED) is 0.832. The van der Waals surface area contributed by atoms with Crippen LogP contribution in [0.1, 0.15) is 30.4 Å². The van der Waals surface area contributed by atoms with Crippen LogP contribution in [0.3, 0.4) is 0 Å². The lowest BCUT2D eigenvalue weighted by atomic mass is 9.88. The molecule has 0 unspecified atom stereocenters. The van der Waals surface area contributed by atoms with Gasteiger partial charge >= 0.3 is 0 Å². The van der Waals surface area contributed by atoms with Crippen molar-refractivity contribution in [3.63, 3.8) is 0 Å². The number of fused-ring (bicyclic) bond motifs is 1. The molecule has 0 bridgehead atoms. The van der Waals surface area contributed by atoms with Crippen LogP contribution in [0, 0.1) is 17.2 Å². The van der Waals surface area contributed by atoms with Crippen molar-refractivity contribution in [1.29, 1.82) is 5.26 Å². The van der Waals surface area contributed by atoms with E-state index in [0.717, 1.165) is 37.1 Å². The van der Waals surface area contributed by atoms with E-state index in [-0.39, 0.29) is 0 Å². The lowest BCUT2D eigenvalue weighted by molar-refractivity contribution is -0.0676. The fourth-order valence-corrected chi connectivity index (χ4v) is 3.80. The molecule has 1 aromatic carbocycles. The molecule has 106 valence electrons. The van der Waals surface area contributed by atoms with Gasteiger partial charge in [0.1, 0.15) is 0 Å². The highest BCUT2D eigenvalue weighted by Gasteiger charge is 2.31. The second-order valence-corrected chi connectivity index (χ2v) is 6.61. The van der Waals surface area contributed by atoms with Crippen LogP contribution in [-0.2, 0) is 11.3 Å². The number of likely N-dealkylation sites (tertiary alicyclic amines) is 1. The maximum atomic E-state index is 8.91. The normalized spacial score (nSPS) is 26.8. The third-order valence-corrected chi connectivity index (χ3v) is 5.11. The van der Waals surface area contributed by atoms with Crippen LogP contribution >= 0.6 is 15.9 Å². The highest BCUT2D eigenvalue weighted by Crippen LogP contribution is 2.30. The van der Waals surface area contributed by atoms with Crippen LogP contribution < -0.4 is 0 Å². The van der Waals surface area contributed by atoms with Gasteiger partial charge in [0.05, 0.1) is 17.7 Å². The summed E-state index contributed by atoms with van der Waals surface area (Å²) in [7, 11) is 0. The summed E-state index contributed by atoms with van der Waals surface area (Å²) in [5.74, 6) is 0.703. The summed E-state index contributed by atoms with van der Waals surface area (Å²) in [6, 6.07) is 8.05. The predicted molar refractivity (Wildman–Crippen MR) is 81.2 cm³/mol. The molecule has 0 amide bonds. The van der Waals surface area contributed by atoms with Gasteiger partial charge in [0, 0.05) is 30.7 Å². The van der Waals surface area contributed by atoms with Crippen LogP contribution in [0.25, 0.3) is 0 Å². The van der Waals surface area contributed by atoms with E-state index < -0.39 is 0 Å². The van der Waals surface area contributed by atoms with Crippen molar-refractivity contribution in [3.05, 3.63) is 33.8 Å². The topological polar surface area (TPSA) is 36.3 Å². The van der Waals surface area contributed by atoms with Crippen molar-refractivity contribution in [2.75, 3.05) is 19.7 Å². The molecule has 0 N–H and O–H groups in total. The van der Waals surface area contributed by atoms with Gasteiger partial charge in [-0.25, -0.2) is 0 Å². The average molecular weight is 335 g/mol. The fourth-order valence-electron chi connectivity index (χ4n) is 3.29. The zero-order valence-corrected chi connectivity index (χ0v) is 13.1. The van der Waals surface area contributed by atoms with Crippen molar-refractivity contribution < 1.29 is 4.74 Å². The number of halogens is 1. The first kappa shape index (κ1) is 14.1. The average Bonchev–Trinajstić information content (AvgIpc) is 2.49. The molecule has 0 aromatic heterocycles. The predicted octanol–water partition coefficient (Wildman–Crippen LogP) is 3.32. The first-order valence-corrected chi connectivity index (χ1v) is 8.08. The summed E-state index contributed by atoms with van der Waals surface area (Å²) in [5, 5.41) is 8.91. The first-order valence-electron chi connectivity index (χ1n) is 7.29. The van der Waals surface area contributed by atoms with Gasteiger partial charge in [-0.05, 0) is 42.9 Å². The molecule has 2 heterocycles. The number of nitriles is 1. The summed E-state index contributed by atoms with van der Waals surface area (Å²) in [6.07, 6.45) is 4.15. The molecule has 20 heavy (non-hydrogen) atoms. The second kappa shape index (κ2) is 6.26. The van der Waals surface area contributed by atoms with Crippen LogP contribution in [-0.4, -0.2) is 30.7 Å². The molecular weight excluding hydrogens is 316 g/mol. The van der Waals surface area contributed by atoms with E-state index >= 15 is 0 Å². The maximum absolute atomic E-state index is 8.91. The Morgan fingerprint density at radius 3 is 3.10 bits per heavy atom. The number of hydrogen-bond acceptors (Lipinski definition) is 3. The third kappa shape index (κ3) is 3.06. The second-order valence-electron chi connectivity index (χ2n) is 5.75. The number of hydrogen-bond donors (Lipinski definition) is 0. The number of benzene rings is 1. The smallest absolute Gasteiger partial charge is 0.0992 e. The largest absolute Gasteiger partial charge is 0.378 e. The Morgan fingerprint density at radius 1 is 1.40 bits per heavy atom. The molecule has 3 nitrogen and oxygen atoms in total. The van der Waals surface area contributed by atoms with Crippen molar-refractivity contribution in [3.8, 4) is 6.07 Å². The Balaban J connectivity index is 1.65. The maximum Gasteiger partial charge on any atom is 0.0992 e. The Labute approximate surface area is 128 Å². The van der Waals surface area contributed by atoms with Gasteiger partial charge in [-0.15, -0.1) is 0 Å². The third-order valence-electron chi connectivity index (χ3n) is 4.38. The molecular formula is C16H19BrN2O. The van der Waals surface area contributed by atoms with E-state index in [4.69, 9.17) is 10.00 Å². The van der Waals surface area contributed by atoms with E-state index in [1.165, 1.54) is 18.4 Å². The van der Waals surface area contributed by atoms with Gasteiger partial charge in [0.2, 0.25) is 0 Å². The lowest BCUT2D eigenvalue weighted by Crippen LogP contribution is -2.45. The van der Waals surface area contributed by atoms with Crippen LogP contribution in [0.2, 0.25) is 0 Å². The molecule has 0 spiro atoms. The first-order chi connectivity index (χ1) is 9.76. The molecule has 2 aliphatic heterocycles. The molecule has 2 atom stereocenters. The monoisotopic (exact) mass is 334 g/mol. The molecule has 3 rings (SSSR count). The molecule has 4 heteroatoms. The van der Waals surface area contributed by atoms with Gasteiger partial charge in [-0.3, -0.25) is 4.90 Å². The Morgan fingerprint density at radius 2 is 2.30 bits per heavy atom. The zero-order valence-electron chi connectivity index (χ0n) is 11.5. The summed E-state index contributed by atoms with van der Waals surface area (Å²) in [4.78, 5) is 2.52. The number of rotatable bonds is 2. The van der Waals surface area contributed by atoms with Crippen LogP contribution in [0.4, 0.5) is 0 Å². The van der Waals surface area contributed by atoms with E-state index in [1.54, 1.807) is 0 Å². The minimum Gasteiger partial charge on any atom is -0.378 e. The Bertz CT molecular complexity index is 526. The van der Waals surface area contributed by atoms with E-state index in [9.17, 15) is 0 Å². The Kier molecular flexibility index (Phi) is 4.40. The van der Waals surface area contributed by atoms with Crippen molar-refractivity contribution in [2.45, 2.75) is 31.9 Å². The van der Waals surface area contributed by atoms with Crippen LogP contribution in [0.5, 0.6) is 0 Å². The molecule has 2 aliphatic rings. The number of piperidine rings is 1. The molecule has 2 saturated heterocycles. The summed E-state index contributed by atoms with van der Waals surface area (Å²) < 4.78 is 6.90. The summed E-state index contributed by atoms with van der Waals surface area (Å²) in [6.45, 7) is 4.14. The molecule has 2 fully saturated rings. The SMILES string of the molecule is N#Cc1ccc(CN2CC[C@H]3OCCC[C@@H]3C2)c(Br)c1. The standard InChI is InChI=1S/C16H19BrN2O/c17-15-8-12(9-18)3-4-13(15)10-19-6-5-16-14(11-19)2-1-7-20-16/h3-4,8,14,16H,1-2,5-7,10-11H2/t14-,16-/m1/s1. The number of nitrogens with zero attached hydrogens (tertiary/aromatic N) is 2. The fraction of sp³-hybridized carbons (Fsp3) is 0.562. The Hall–Kier alpha value is -0.890. The lowest BCUT2D eigenvalue weighted by Gasteiger charge is -2.41. The zero-order chi connectivity index (χ0) is 13.9. The van der Waals surface area contributed by atoms with Crippen molar-refractivity contribution >= 4 is 15.9 Å². The van der Waals surface area contributed by atoms with Gasteiger partial charge in [-0.1, -0.05) is 22.0 Å². The minimum absolute atomic E-state index is 0.490. The molecule has 0 aliphatic carbocycles. The van der Waals surface area contributed by atoms with Gasteiger partial charge in [0.15, 0.2) is 0 Å². The van der Waals surface area contributed by atoms with E-state index in [1.807, 2.05) is 12.1 Å². The molecule has 0 radical (unpaired) electrons. The van der Waals surface area contributed by atoms with Crippen LogP contribution in [0.15, 0.2) is 22.7 Å². The molecule has 0 saturated carbocycles. The van der Waals surface area contributed by atoms with Gasteiger partial charge in [0.25, 0.3) is 0 Å². The highest BCUT2D eigenvalue weighted by atomic mass is 79.9. The van der Waals surface area contributed by atoms with Gasteiger partial charge in [-0.2, -0.15) is 5.26 Å².